The van der Waals surface area contributed by atoms with Gasteiger partial charge in [0.05, 0.1) is 9.10 Å². The van der Waals surface area contributed by atoms with E-state index in [2.05, 4.69) is 44.1 Å². The zero-order valence-electron chi connectivity index (χ0n) is 10.7. The van der Waals surface area contributed by atoms with Gasteiger partial charge in [-0.05, 0) is 71.0 Å². The van der Waals surface area contributed by atoms with Crippen LogP contribution in [-0.2, 0) is 11.2 Å². The second kappa shape index (κ2) is 3.50. The summed E-state index contributed by atoms with van der Waals surface area (Å²) in [5.41, 5.74) is 6.01. The fraction of sp³-hybridized carbons (Fsp3) is 0.400. The van der Waals surface area contributed by atoms with Crippen LogP contribution in [0, 0.1) is 11.3 Å². The van der Waals surface area contributed by atoms with Crippen molar-refractivity contribution in [1.29, 1.82) is 0 Å². The molecule has 0 amide bonds. The monoisotopic (exact) mass is 377 g/mol. The first kappa shape index (κ1) is 11.4. The number of nitrogens with zero attached hydrogens (tertiary/aromatic N) is 2. The smallest absolute Gasteiger partial charge is 0.172 e. The molecule has 20 heavy (non-hydrogen) atoms. The second-order valence-corrected chi connectivity index (χ2v) is 7.33. The van der Waals surface area contributed by atoms with Gasteiger partial charge in [0.15, 0.2) is 5.78 Å². The third-order valence-corrected chi connectivity index (χ3v) is 6.40. The molecule has 1 N–H and O–H groups in total. The first-order chi connectivity index (χ1) is 9.70. The number of Topliss-reactive ketones (excluding diaryl/α,β-unsaturated/α-hetero) is 1. The zero-order valence-corrected chi connectivity index (χ0v) is 12.9. The van der Waals surface area contributed by atoms with E-state index in [4.69, 9.17) is 0 Å². The Bertz CT molecular complexity index is 822. The molecule has 5 heteroatoms. The number of allylic oxidation sites excluding steroid dienone is 2. The second-order valence-electron chi connectivity index (χ2n) is 6.25. The fourth-order valence-electron chi connectivity index (χ4n) is 4.49. The summed E-state index contributed by atoms with van der Waals surface area (Å²) in [6, 6.07) is 4.18. The number of carbonyl (C=O) groups excluding carboxylic acids is 1. The number of ketones is 1. The standard InChI is InChI=1S/C15H12IN3O/c16-12-11-8-1-2-10-13(18-19-17-10)9(8)6-15(11)4-3-7(5-15)14(12)20/h1-2,7H,3-6H2,(H,17,18,19). The maximum Gasteiger partial charge on any atom is 0.172 e. The Balaban J connectivity index is 1.88. The quantitative estimate of drug-likeness (QED) is 0.719. The van der Waals surface area contributed by atoms with Crippen LogP contribution in [0.25, 0.3) is 16.6 Å². The van der Waals surface area contributed by atoms with E-state index in [1.165, 1.54) is 16.7 Å². The minimum absolute atomic E-state index is 0.199. The van der Waals surface area contributed by atoms with Gasteiger partial charge in [-0.1, -0.05) is 11.3 Å². The van der Waals surface area contributed by atoms with Gasteiger partial charge in [-0.15, -0.1) is 5.10 Å². The van der Waals surface area contributed by atoms with Crippen molar-refractivity contribution >= 4 is 45.0 Å². The highest BCUT2D eigenvalue weighted by molar-refractivity contribution is 14.1. The lowest BCUT2D eigenvalue weighted by atomic mass is 9.74. The first-order valence-electron chi connectivity index (χ1n) is 6.97. The SMILES string of the molecule is O=C1C(I)=C2c3ccc4[nH]nnc4c3CC23CCC1C3. The number of aromatic nitrogens is 3. The van der Waals surface area contributed by atoms with E-state index in [0.717, 1.165) is 40.3 Å². The maximum atomic E-state index is 12.4. The number of aromatic amines is 1. The molecule has 1 aromatic heterocycles. The summed E-state index contributed by atoms with van der Waals surface area (Å²) in [6.07, 6.45) is 4.24. The number of carbonyl (C=O) groups is 1. The number of fused-ring (bicyclic) bond motifs is 5. The molecule has 1 fully saturated rings. The minimum atomic E-state index is 0.199. The van der Waals surface area contributed by atoms with Gasteiger partial charge in [0.2, 0.25) is 0 Å². The van der Waals surface area contributed by atoms with Crippen molar-refractivity contribution in [2.75, 3.05) is 0 Å². The summed E-state index contributed by atoms with van der Waals surface area (Å²) in [4.78, 5) is 12.4. The Labute approximate surface area is 129 Å². The summed E-state index contributed by atoms with van der Waals surface area (Å²) in [5, 5.41) is 11.1. The molecule has 0 radical (unpaired) electrons. The molecule has 1 heterocycles. The van der Waals surface area contributed by atoms with E-state index in [1.54, 1.807) is 0 Å². The highest BCUT2D eigenvalue weighted by Gasteiger charge is 2.54. The number of benzene rings is 1. The van der Waals surface area contributed by atoms with Crippen molar-refractivity contribution in [2.45, 2.75) is 25.7 Å². The Morgan fingerprint density at radius 3 is 3.20 bits per heavy atom. The first-order valence-corrected chi connectivity index (χ1v) is 8.05. The molecule has 2 atom stereocenters. The number of H-pyrrole nitrogens is 1. The van der Waals surface area contributed by atoms with E-state index < -0.39 is 0 Å². The largest absolute Gasteiger partial charge is 0.293 e. The van der Waals surface area contributed by atoms with Gasteiger partial charge in [-0.25, -0.2) is 0 Å². The average Bonchev–Trinajstić information content (AvgIpc) is 3.11. The third-order valence-electron chi connectivity index (χ3n) is 5.33. The molecule has 0 saturated heterocycles. The Morgan fingerprint density at radius 2 is 2.30 bits per heavy atom. The third kappa shape index (κ3) is 1.17. The van der Waals surface area contributed by atoms with E-state index in [0.29, 0.717) is 5.78 Å². The Kier molecular flexibility index (Phi) is 2.00. The molecule has 100 valence electrons. The van der Waals surface area contributed by atoms with E-state index in [9.17, 15) is 4.79 Å². The molecular formula is C15H12IN3O. The van der Waals surface area contributed by atoms with Crippen molar-refractivity contribution in [2.24, 2.45) is 11.3 Å². The highest BCUT2D eigenvalue weighted by Crippen LogP contribution is 2.63. The van der Waals surface area contributed by atoms with Gasteiger partial charge in [-0.3, -0.25) is 9.89 Å². The molecule has 1 aromatic carbocycles. The number of hydrogen-bond acceptors (Lipinski definition) is 3. The molecule has 2 unspecified atom stereocenters. The molecule has 1 spiro atoms. The van der Waals surface area contributed by atoms with E-state index in [1.807, 2.05) is 6.07 Å². The van der Waals surface area contributed by atoms with Crippen LogP contribution in [0.1, 0.15) is 30.4 Å². The molecular weight excluding hydrogens is 365 g/mol. The van der Waals surface area contributed by atoms with Gasteiger partial charge in [0.1, 0.15) is 5.52 Å². The number of hydrogen-bond donors (Lipinski definition) is 1. The van der Waals surface area contributed by atoms with Crippen LogP contribution in [0.3, 0.4) is 0 Å². The summed E-state index contributed by atoms with van der Waals surface area (Å²) in [6.45, 7) is 0. The van der Waals surface area contributed by atoms with Gasteiger partial charge in [0, 0.05) is 11.3 Å². The predicted octanol–water partition coefficient (Wildman–Crippen LogP) is 3.03. The molecule has 2 bridgehead atoms. The van der Waals surface area contributed by atoms with Crippen molar-refractivity contribution < 1.29 is 4.79 Å². The summed E-state index contributed by atoms with van der Waals surface area (Å²) < 4.78 is 0.970. The van der Waals surface area contributed by atoms with Crippen molar-refractivity contribution in [3.8, 4) is 0 Å². The van der Waals surface area contributed by atoms with E-state index in [-0.39, 0.29) is 11.3 Å². The predicted molar refractivity (Wildman–Crippen MR) is 83.3 cm³/mol. The van der Waals surface area contributed by atoms with Gasteiger partial charge < -0.3 is 0 Å². The molecule has 0 aliphatic heterocycles. The zero-order chi connectivity index (χ0) is 13.5. The number of halogens is 1. The lowest BCUT2D eigenvalue weighted by Gasteiger charge is -2.30. The van der Waals surface area contributed by atoms with Gasteiger partial charge in [-0.2, -0.15) is 0 Å². The van der Waals surface area contributed by atoms with Crippen molar-refractivity contribution in [3.05, 3.63) is 26.8 Å². The molecule has 5 rings (SSSR count). The van der Waals surface area contributed by atoms with Crippen LogP contribution < -0.4 is 0 Å². The van der Waals surface area contributed by atoms with Crippen LogP contribution >= 0.6 is 22.6 Å². The lowest BCUT2D eigenvalue weighted by molar-refractivity contribution is -0.118. The van der Waals surface area contributed by atoms with Gasteiger partial charge in [0.25, 0.3) is 0 Å². The molecule has 3 aliphatic rings. The Morgan fingerprint density at radius 1 is 1.40 bits per heavy atom. The lowest BCUT2D eigenvalue weighted by Crippen LogP contribution is -2.25. The average molecular weight is 377 g/mol. The Hall–Kier alpha value is -1.24. The fourth-order valence-corrected chi connectivity index (χ4v) is 5.79. The molecule has 3 aliphatic carbocycles. The van der Waals surface area contributed by atoms with Crippen molar-refractivity contribution in [3.63, 3.8) is 0 Å². The topological polar surface area (TPSA) is 58.6 Å². The highest BCUT2D eigenvalue weighted by atomic mass is 127. The summed E-state index contributed by atoms with van der Waals surface area (Å²) in [7, 11) is 0. The number of rotatable bonds is 0. The molecule has 1 saturated carbocycles. The van der Waals surface area contributed by atoms with Gasteiger partial charge >= 0.3 is 0 Å². The van der Waals surface area contributed by atoms with Crippen molar-refractivity contribution in [1.82, 2.24) is 15.4 Å². The molecule has 4 nitrogen and oxygen atoms in total. The van der Waals surface area contributed by atoms with Crippen LogP contribution in [-0.4, -0.2) is 21.2 Å². The minimum Gasteiger partial charge on any atom is -0.293 e. The normalized spacial score (nSPS) is 31.1. The molecule has 2 aromatic rings. The van der Waals surface area contributed by atoms with Crippen LogP contribution in [0.4, 0.5) is 0 Å². The summed E-state index contributed by atoms with van der Waals surface area (Å²) >= 11 is 2.27. The van der Waals surface area contributed by atoms with Crippen LogP contribution in [0.2, 0.25) is 0 Å². The van der Waals surface area contributed by atoms with Crippen LogP contribution in [0.15, 0.2) is 15.7 Å². The summed E-state index contributed by atoms with van der Waals surface area (Å²) in [5.74, 6) is 0.620. The maximum absolute atomic E-state index is 12.4. The number of nitrogens with one attached hydrogen (secondary N) is 1. The van der Waals surface area contributed by atoms with E-state index >= 15 is 0 Å². The van der Waals surface area contributed by atoms with Crippen LogP contribution in [0.5, 0.6) is 0 Å².